The van der Waals surface area contributed by atoms with E-state index < -0.39 is 5.69 Å². The highest BCUT2D eigenvalue weighted by molar-refractivity contribution is 7.17. The summed E-state index contributed by atoms with van der Waals surface area (Å²) in [6.07, 6.45) is 6.23. The molecule has 4 aromatic rings. The van der Waals surface area contributed by atoms with Gasteiger partial charge in [-0.25, -0.2) is 9.78 Å². The van der Waals surface area contributed by atoms with Crippen LogP contribution < -0.4 is 27.0 Å². The molecular weight excluding hydrogens is 456 g/mol. The average Bonchev–Trinajstić information content (AvgIpc) is 3.24. The van der Waals surface area contributed by atoms with E-state index in [1.54, 1.807) is 16.8 Å². The molecule has 2 fully saturated rings. The van der Waals surface area contributed by atoms with Crippen molar-refractivity contribution in [3.63, 3.8) is 0 Å². The smallest absolute Gasteiger partial charge is 0.326 e. The zero-order valence-electron chi connectivity index (χ0n) is 18.0. The molecule has 1 saturated heterocycles. The highest BCUT2D eigenvalue weighted by Crippen LogP contribution is 2.27. The molecule has 1 aliphatic heterocycles. The third-order valence-corrected chi connectivity index (χ3v) is 6.96. The Morgan fingerprint density at radius 2 is 2.18 bits per heavy atom. The molecule has 5 N–H and O–H groups in total. The van der Waals surface area contributed by atoms with Crippen LogP contribution in [0.1, 0.15) is 34.6 Å². The van der Waals surface area contributed by atoms with Crippen molar-refractivity contribution >= 4 is 29.0 Å². The SMILES string of the molecule is O=C(NC1CCNC1)c1ccc(-c2cc(=NC3CC3)n3ncc(=Cc4[nH]c(=O)[nH]c4O)c3n2)s1. The summed E-state index contributed by atoms with van der Waals surface area (Å²) in [6.45, 7) is 1.70. The number of aromatic nitrogens is 5. The first-order valence-corrected chi connectivity index (χ1v) is 11.9. The predicted octanol–water partition coefficient (Wildman–Crippen LogP) is -0.118. The molecule has 1 aliphatic carbocycles. The molecule has 174 valence electrons. The van der Waals surface area contributed by atoms with E-state index in [0.717, 1.165) is 37.2 Å². The fourth-order valence-electron chi connectivity index (χ4n) is 3.95. The van der Waals surface area contributed by atoms with Crippen LogP contribution in [0.4, 0.5) is 0 Å². The topological polar surface area (TPSA) is 153 Å². The molecule has 0 bridgehead atoms. The van der Waals surface area contributed by atoms with Gasteiger partial charge in [0.15, 0.2) is 11.1 Å². The number of H-pyrrole nitrogens is 2. The molecule has 1 atom stereocenters. The Hall–Kier alpha value is -3.77. The monoisotopic (exact) mass is 478 g/mol. The van der Waals surface area contributed by atoms with Crippen molar-refractivity contribution in [2.75, 3.05) is 13.1 Å². The van der Waals surface area contributed by atoms with Crippen molar-refractivity contribution in [2.45, 2.75) is 31.3 Å². The number of nitrogens with zero attached hydrogens (tertiary/aromatic N) is 4. The van der Waals surface area contributed by atoms with E-state index in [1.807, 2.05) is 18.2 Å². The van der Waals surface area contributed by atoms with Gasteiger partial charge in [-0.15, -0.1) is 11.3 Å². The maximum Gasteiger partial charge on any atom is 0.326 e. The molecule has 34 heavy (non-hydrogen) atoms. The van der Waals surface area contributed by atoms with E-state index in [9.17, 15) is 14.7 Å². The lowest BCUT2D eigenvalue weighted by Gasteiger charge is -2.09. The van der Waals surface area contributed by atoms with Gasteiger partial charge >= 0.3 is 5.69 Å². The normalized spacial score (nSPS) is 19.4. The summed E-state index contributed by atoms with van der Waals surface area (Å²) < 4.78 is 1.66. The maximum absolute atomic E-state index is 12.7. The van der Waals surface area contributed by atoms with Crippen molar-refractivity contribution in [1.82, 2.24) is 35.2 Å². The maximum atomic E-state index is 12.7. The van der Waals surface area contributed by atoms with E-state index in [1.165, 1.54) is 11.3 Å². The molecule has 6 rings (SSSR count). The number of rotatable bonds is 5. The second kappa shape index (κ2) is 8.22. The van der Waals surface area contributed by atoms with Gasteiger partial charge in [0.2, 0.25) is 5.88 Å². The van der Waals surface area contributed by atoms with Crippen molar-refractivity contribution in [3.8, 4) is 16.5 Å². The number of carbonyl (C=O) groups is 1. The first-order valence-electron chi connectivity index (χ1n) is 11.1. The quantitative estimate of drug-likeness (QED) is 0.270. The number of fused-ring (bicyclic) bond motifs is 1. The largest absolute Gasteiger partial charge is 0.493 e. The van der Waals surface area contributed by atoms with Crippen LogP contribution in [0.15, 0.2) is 34.2 Å². The first kappa shape index (κ1) is 20.8. The third-order valence-electron chi connectivity index (χ3n) is 5.85. The Morgan fingerprint density at radius 3 is 2.91 bits per heavy atom. The van der Waals surface area contributed by atoms with Gasteiger partial charge < -0.3 is 20.7 Å². The van der Waals surface area contributed by atoms with Gasteiger partial charge in [0, 0.05) is 23.9 Å². The number of carbonyl (C=O) groups excluding carboxylic acids is 1. The molecule has 1 unspecified atom stereocenters. The van der Waals surface area contributed by atoms with Gasteiger partial charge in [0.25, 0.3) is 5.91 Å². The molecule has 11 nitrogen and oxygen atoms in total. The Balaban J connectivity index is 1.43. The van der Waals surface area contributed by atoms with Crippen LogP contribution in [0.3, 0.4) is 0 Å². The van der Waals surface area contributed by atoms with Crippen molar-refractivity contribution < 1.29 is 9.90 Å². The van der Waals surface area contributed by atoms with Crippen molar-refractivity contribution in [2.24, 2.45) is 4.99 Å². The number of imidazole rings is 1. The highest BCUT2D eigenvalue weighted by Gasteiger charge is 2.21. The summed E-state index contributed by atoms with van der Waals surface area (Å²) in [7, 11) is 0. The minimum absolute atomic E-state index is 0.0841. The van der Waals surface area contributed by atoms with Crippen molar-refractivity contribution in [3.05, 3.63) is 56.2 Å². The van der Waals surface area contributed by atoms with Crippen LogP contribution in [-0.2, 0) is 0 Å². The molecule has 1 amide bonds. The molecular formula is C22H22N8O3S. The highest BCUT2D eigenvalue weighted by atomic mass is 32.1. The van der Waals surface area contributed by atoms with E-state index in [4.69, 9.17) is 9.98 Å². The van der Waals surface area contributed by atoms with Gasteiger partial charge in [-0.2, -0.15) is 9.61 Å². The van der Waals surface area contributed by atoms with Gasteiger partial charge in [-0.05, 0) is 44.0 Å². The first-order chi connectivity index (χ1) is 16.5. The molecule has 5 heterocycles. The molecule has 0 aromatic carbocycles. The van der Waals surface area contributed by atoms with Gasteiger partial charge in [-0.3, -0.25) is 14.8 Å². The molecule has 0 radical (unpaired) electrons. The van der Waals surface area contributed by atoms with Crippen LogP contribution in [0, 0.1) is 0 Å². The number of thiophene rings is 1. The van der Waals surface area contributed by atoms with Crippen LogP contribution >= 0.6 is 11.3 Å². The standard InChI is InChI=1S/C22H22N8O3S/c31-20-15(28-22(33)29-20)7-11-9-24-30-18(25-12-1-2-12)8-14(27-19(11)30)16-3-4-17(34-16)21(32)26-13-5-6-23-10-13/h3-4,7-9,12-13,23,31H,1-2,5-6,10H2,(H,26,32)(H2,28,29,33). The number of aromatic amines is 2. The second-order valence-corrected chi connectivity index (χ2v) is 9.59. The number of nitrogens with one attached hydrogen (secondary N) is 4. The number of hydrogen-bond donors (Lipinski definition) is 5. The van der Waals surface area contributed by atoms with Crippen LogP contribution in [0.2, 0.25) is 0 Å². The molecule has 2 aliphatic rings. The summed E-state index contributed by atoms with van der Waals surface area (Å²) in [6, 6.07) is 6.00. The predicted molar refractivity (Wildman–Crippen MR) is 125 cm³/mol. The third kappa shape index (κ3) is 4.01. The lowest BCUT2D eigenvalue weighted by Crippen LogP contribution is -2.35. The summed E-state index contributed by atoms with van der Waals surface area (Å²) in [5.74, 6) is -0.339. The van der Waals surface area contributed by atoms with Gasteiger partial charge in [0.05, 0.1) is 27.7 Å². The summed E-state index contributed by atoms with van der Waals surface area (Å²) >= 11 is 1.38. The lowest BCUT2D eigenvalue weighted by atomic mass is 10.2. The average molecular weight is 479 g/mol. The zero-order chi connectivity index (χ0) is 23.2. The fourth-order valence-corrected chi connectivity index (χ4v) is 4.82. The van der Waals surface area contributed by atoms with Gasteiger partial charge in [-0.1, -0.05) is 0 Å². The fraction of sp³-hybridized carbons (Fsp3) is 0.318. The minimum Gasteiger partial charge on any atom is -0.493 e. The van der Waals surface area contributed by atoms with E-state index in [2.05, 4.69) is 25.7 Å². The summed E-state index contributed by atoms with van der Waals surface area (Å²) in [5, 5.41) is 21.3. The number of hydrogen-bond acceptors (Lipinski definition) is 8. The molecule has 12 heteroatoms. The zero-order valence-corrected chi connectivity index (χ0v) is 18.9. The Labute approximate surface area is 196 Å². The lowest BCUT2D eigenvalue weighted by molar-refractivity contribution is 0.0944. The number of aromatic hydroxyl groups is 1. The Morgan fingerprint density at radius 1 is 1.29 bits per heavy atom. The molecule has 1 saturated carbocycles. The number of amides is 1. The van der Waals surface area contributed by atoms with Crippen molar-refractivity contribution in [1.29, 1.82) is 0 Å². The van der Waals surface area contributed by atoms with Crippen LogP contribution in [0.5, 0.6) is 5.88 Å². The van der Waals surface area contributed by atoms with E-state index >= 15 is 0 Å². The second-order valence-electron chi connectivity index (χ2n) is 8.51. The summed E-state index contributed by atoms with van der Waals surface area (Å²) in [4.78, 5) is 40.1. The molecule has 0 spiro atoms. The van der Waals surface area contributed by atoms with E-state index in [0.29, 0.717) is 26.9 Å². The Kier molecular flexibility index (Phi) is 5.03. The van der Waals surface area contributed by atoms with Crippen LogP contribution in [0.25, 0.3) is 22.3 Å². The summed E-state index contributed by atoms with van der Waals surface area (Å²) in [5.41, 5.74) is 1.63. The Bertz CT molecular complexity index is 1570. The minimum atomic E-state index is -0.504. The van der Waals surface area contributed by atoms with Gasteiger partial charge in [0.1, 0.15) is 5.69 Å². The van der Waals surface area contributed by atoms with E-state index in [-0.39, 0.29) is 29.6 Å². The molecule has 4 aromatic heterocycles. The van der Waals surface area contributed by atoms with Crippen LogP contribution in [-0.4, -0.2) is 60.8 Å².